The molecule has 1 aromatic heterocycles. The van der Waals surface area contributed by atoms with Crippen molar-refractivity contribution in [2.75, 3.05) is 45.3 Å². The highest BCUT2D eigenvalue weighted by Gasteiger charge is 2.38. The Bertz CT molecular complexity index is 1050. The van der Waals surface area contributed by atoms with Gasteiger partial charge in [-0.3, -0.25) is 9.48 Å². The molecule has 1 amide bonds. The van der Waals surface area contributed by atoms with Gasteiger partial charge in [0.2, 0.25) is 5.91 Å². The first kappa shape index (κ1) is 25.0. The number of carbonyl (C=O) groups excluding carboxylic acids is 1. The molecule has 1 aliphatic rings. The van der Waals surface area contributed by atoms with Crippen molar-refractivity contribution in [1.29, 1.82) is 0 Å². The number of hydrogen-bond donors (Lipinski definition) is 0. The molecule has 33 heavy (non-hydrogen) atoms. The molecular weight excluding hydrogens is 486 g/mol. The zero-order valence-corrected chi connectivity index (χ0v) is 19.6. The monoisotopic (exact) mass is 507 g/mol. The number of benzene rings is 1. The van der Waals surface area contributed by atoms with Gasteiger partial charge >= 0.3 is 6.18 Å². The third-order valence-electron chi connectivity index (χ3n) is 5.26. The highest BCUT2D eigenvalue weighted by molar-refractivity contribution is 6.32. The Kier molecular flexibility index (Phi) is 7.63. The van der Waals surface area contributed by atoms with Crippen molar-refractivity contribution in [1.82, 2.24) is 14.7 Å². The zero-order chi connectivity index (χ0) is 24.3. The van der Waals surface area contributed by atoms with Crippen molar-refractivity contribution in [3.05, 3.63) is 39.1 Å². The number of anilines is 1. The third-order valence-corrected chi connectivity index (χ3v) is 6.01. The summed E-state index contributed by atoms with van der Waals surface area (Å²) in [6.45, 7) is 2.76. The number of amides is 1. The average molecular weight is 508 g/mol. The van der Waals surface area contributed by atoms with Crippen molar-refractivity contribution in [2.24, 2.45) is 5.16 Å². The average Bonchev–Trinajstić information content (AvgIpc) is 3.06. The van der Waals surface area contributed by atoms with Crippen LogP contribution in [0.5, 0.6) is 5.75 Å². The second kappa shape index (κ2) is 10.1. The maximum absolute atomic E-state index is 13.0. The van der Waals surface area contributed by atoms with Crippen molar-refractivity contribution in [3.63, 3.8) is 0 Å². The molecule has 2 heterocycles. The van der Waals surface area contributed by atoms with E-state index >= 15 is 0 Å². The number of methoxy groups -OCH3 is 1. The van der Waals surface area contributed by atoms with Gasteiger partial charge in [-0.1, -0.05) is 28.4 Å². The molecule has 1 aromatic carbocycles. The molecular formula is C20H22Cl2F3N5O3. The normalized spacial score (nSPS) is 14.8. The summed E-state index contributed by atoms with van der Waals surface area (Å²) >= 11 is 12.0. The predicted octanol–water partition coefficient (Wildman–Crippen LogP) is 3.85. The summed E-state index contributed by atoms with van der Waals surface area (Å²) in [6, 6.07) is 3.49. The summed E-state index contributed by atoms with van der Waals surface area (Å²) in [5.41, 5.74) is 0.408. The predicted molar refractivity (Wildman–Crippen MR) is 118 cm³/mol. The molecule has 0 unspecified atom stereocenters. The highest BCUT2D eigenvalue weighted by Crippen LogP contribution is 2.35. The molecule has 0 saturated carbocycles. The molecule has 1 aliphatic heterocycles. The van der Waals surface area contributed by atoms with Crippen LogP contribution in [0.1, 0.15) is 17.0 Å². The van der Waals surface area contributed by atoms with Gasteiger partial charge in [-0.15, -0.1) is 0 Å². The lowest BCUT2D eigenvalue weighted by Gasteiger charge is -2.37. The van der Waals surface area contributed by atoms with Gasteiger partial charge in [0.15, 0.2) is 5.69 Å². The fraction of sp³-hybridized carbons (Fsp3) is 0.450. The fourth-order valence-corrected chi connectivity index (χ4v) is 3.98. The lowest BCUT2D eigenvalue weighted by atomic mass is 10.1. The molecule has 3 rings (SSSR count). The Morgan fingerprint density at radius 3 is 2.42 bits per heavy atom. The molecule has 13 heteroatoms. The van der Waals surface area contributed by atoms with Gasteiger partial charge in [-0.05, 0) is 13.0 Å². The summed E-state index contributed by atoms with van der Waals surface area (Å²) in [5, 5.41) is 7.21. The molecule has 0 radical (unpaired) electrons. The number of hydrogen-bond acceptors (Lipinski definition) is 6. The lowest BCUT2D eigenvalue weighted by Crippen LogP contribution is -2.50. The minimum Gasteiger partial charge on any atom is -0.495 e. The molecule has 8 nitrogen and oxygen atoms in total. The number of rotatable bonds is 6. The van der Waals surface area contributed by atoms with Crippen LogP contribution in [0, 0.1) is 6.92 Å². The number of ether oxygens (including phenoxy) is 1. The van der Waals surface area contributed by atoms with E-state index < -0.39 is 16.9 Å². The molecule has 0 aliphatic carbocycles. The van der Waals surface area contributed by atoms with Crippen LogP contribution in [0.4, 0.5) is 18.9 Å². The summed E-state index contributed by atoms with van der Waals surface area (Å²) in [5.74, 6) is 0.145. The SMILES string of the molecule is CO/N=C\c1cc(Cl)c(OC)cc1N1CCN(C(=O)Cn2nc(C(F)(F)F)c(Cl)c2C)CC1. The van der Waals surface area contributed by atoms with Crippen molar-refractivity contribution < 1.29 is 27.5 Å². The number of aromatic nitrogens is 2. The number of oxime groups is 1. The first-order chi connectivity index (χ1) is 15.6. The minimum atomic E-state index is -4.69. The fourth-order valence-electron chi connectivity index (χ4n) is 3.49. The maximum atomic E-state index is 13.0. The standard InChI is InChI=1S/C20H22Cl2F3N5O3/c1-12-18(22)19(20(23,24)25)27-30(12)11-17(31)29-6-4-28(5-7-29)15-9-16(32-2)14(21)8-13(15)10-26-33-3/h8-10H,4-7,11H2,1-3H3/b26-10-. The van der Waals surface area contributed by atoms with Gasteiger partial charge in [0.1, 0.15) is 19.4 Å². The minimum absolute atomic E-state index is 0.0892. The van der Waals surface area contributed by atoms with Crippen LogP contribution in [0.15, 0.2) is 17.3 Å². The number of alkyl halides is 3. The molecule has 0 N–H and O–H groups in total. The smallest absolute Gasteiger partial charge is 0.436 e. The Morgan fingerprint density at radius 2 is 1.88 bits per heavy atom. The van der Waals surface area contributed by atoms with Gasteiger partial charge in [0.05, 0.1) is 29.1 Å². The van der Waals surface area contributed by atoms with E-state index in [9.17, 15) is 18.0 Å². The van der Waals surface area contributed by atoms with Gasteiger partial charge < -0.3 is 19.4 Å². The molecule has 0 atom stereocenters. The van der Waals surface area contributed by atoms with E-state index in [2.05, 4.69) is 10.3 Å². The van der Waals surface area contributed by atoms with E-state index in [1.54, 1.807) is 17.0 Å². The van der Waals surface area contributed by atoms with E-state index in [1.165, 1.54) is 27.4 Å². The van der Waals surface area contributed by atoms with Crippen LogP contribution in [-0.2, 0) is 22.4 Å². The van der Waals surface area contributed by atoms with Crippen LogP contribution in [0.3, 0.4) is 0 Å². The van der Waals surface area contributed by atoms with Crippen LogP contribution in [0.25, 0.3) is 0 Å². The second-order valence-electron chi connectivity index (χ2n) is 7.23. The van der Waals surface area contributed by atoms with Crippen LogP contribution < -0.4 is 9.64 Å². The maximum Gasteiger partial charge on any atom is 0.436 e. The molecule has 180 valence electrons. The first-order valence-electron chi connectivity index (χ1n) is 9.83. The quantitative estimate of drug-likeness (QED) is 0.438. The van der Waals surface area contributed by atoms with Crippen molar-refractivity contribution in [2.45, 2.75) is 19.6 Å². The van der Waals surface area contributed by atoms with Crippen molar-refractivity contribution in [3.8, 4) is 5.75 Å². The molecule has 1 saturated heterocycles. The Morgan fingerprint density at radius 1 is 1.21 bits per heavy atom. The Labute approximate surface area is 198 Å². The van der Waals surface area contributed by atoms with Crippen LogP contribution >= 0.6 is 23.2 Å². The molecule has 2 aromatic rings. The number of piperazine rings is 1. The summed E-state index contributed by atoms with van der Waals surface area (Å²) in [4.78, 5) is 21.1. The summed E-state index contributed by atoms with van der Waals surface area (Å²) in [6.07, 6.45) is -3.16. The van der Waals surface area contributed by atoms with E-state index in [4.69, 9.17) is 32.8 Å². The highest BCUT2D eigenvalue weighted by atomic mass is 35.5. The number of carbonyl (C=O) groups is 1. The van der Waals surface area contributed by atoms with Crippen LogP contribution in [-0.4, -0.2) is 67.2 Å². The van der Waals surface area contributed by atoms with Gasteiger partial charge in [0.25, 0.3) is 0 Å². The Balaban J connectivity index is 1.72. The Hall–Kier alpha value is -2.66. The van der Waals surface area contributed by atoms with Gasteiger partial charge in [-0.2, -0.15) is 18.3 Å². The largest absolute Gasteiger partial charge is 0.495 e. The van der Waals surface area contributed by atoms with E-state index in [0.29, 0.717) is 42.5 Å². The van der Waals surface area contributed by atoms with Crippen molar-refractivity contribution >= 4 is 41.0 Å². The third kappa shape index (κ3) is 5.47. The van der Waals surface area contributed by atoms with Gasteiger partial charge in [-0.25, -0.2) is 0 Å². The van der Waals surface area contributed by atoms with Gasteiger partial charge in [0, 0.05) is 43.5 Å². The number of halogens is 5. The van der Waals surface area contributed by atoms with E-state index in [-0.39, 0.29) is 18.1 Å². The molecule has 0 bridgehead atoms. The molecule has 1 fully saturated rings. The summed E-state index contributed by atoms with van der Waals surface area (Å²) < 4.78 is 45.4. The molecule has 0 spiro atoms. The lowest BCUT2D eigenvalue weighted by molar-refractivity contribution is -0.142. The van der Waals surface area contributed by atoms with E-state index in [0.717, 1.165) is 10.4 Å². The van der Waals surface area contributed by atoms with E-state index in [1.807, 2.05) is 4.90 Å². The zero-order valence-electron chi connectivity index (χ0n) is 18.1. The first-order valence-corrected chi connectivity index (χ1v) is 10.6. The summed E-state index contributed by atoms with van der Waals surface area (Å²) in [7, 11) is 2.94. The van der Waals surface area contributed by atoms with Crippen LogP contribution in [0.2, 0.25) is 10.0 Å². The number of nitrogens with zero attached hydrogens (tertiary/aromatic N) is 5. The topological polar surface area (TPSA) is 72.2 Å². The second-order valence-corrected chi connectivity index (χ2v) is 8.02.